The Hall–Kier alpha value is -2.79. The first-order valence-corrected chi connectivity index (χ1v) is 4.95. The third-order valence-corrected chi connectivity index (χ3v) is 2.29. The number of azide groups is 1. The maximum Gasteiger partial charge on any atom is 0.147 e. The van der Waals surface area contributed by atoms with Crippen molar-refractivity contribution in [2.45, 2.75) is 0 Å². The molecule has 90 valence electrons. The fraction of sp³-hybridized carbons (Fsp3) is 0. The van der Waals surface area contributed by atoms with Crippen LogP contribution in [0.1, 0.15) is 5.56 Å². The van der Waals surface area contributed by atoms with Crippen LogP contribution in [0, 0.1) is 5.82 Å². The molecule has 0 spiro atoms. The van der Waals surface area contributed by atoms with Gasteiger partial charge in [-0.2, -0.15) is 0 Å². The Morgan fingerprint density at radius 1 is 1.39 bits per heavy atom. The van der Waals surface area contributed by atoms with Gasteiger partial charge in [0.2, 0.25) is 0 Å². The summed E-state index contributed by atoms with van der Waals surface area (Å²) in [5, 5.41) is 14.6. The van der Waals surface area contributed by atoms with Crippen LogP contribution in [0.4, 0.5) is 10.1 Å². The minimum atomic E-state index is -0.511. The van der Waals surface area contributed by atoms with E-state index in [1.807, 2.05) is 0 Å². The minimum absolute atomic E-state index is 0.211. The van der Waals surface area contributed by atoms with Crippen molar-refractivity contribution in [1.29, 1.82) is 0 Å². The highest BCUT2D eigenvalue weighted by molar-refractivity contribution is 5.78. The maximum absolute atomic E-state index is 13.8. The van der Waals surface area contributed by atoms with E-state index in [1.165, 1.54) is 22.9 Å². The highest BCUT2D eigenvalue weighted by Crippen LogP contribution is 2.21. The molecule has 0 atom stereocenters. The summed E-state index contributed by atoms with van der Waals surface area (Å²) >= 11 is 0. The predicted molar refractivity (Wildman–Crippen MR) is 63.9 cm³/mol. The van der Waals surface area contributed by atoms with Gasteiger partial charge in [0.1, 0.15) is 5.82 Å². The van der Waals surface area contributed by atoms with Gasteiger partial charge in [0, 0.05) is 28.6 Å². The van der Waals surface area contributed by atoms with Crippen molar-refractivity contribution < 1.29 is 9.60 Å². The van der Waals surface area contributed by atoms with Gasteiger partial charge in [-0.15, -0.1) is 0 Å². The summed E-state index contributed by atoms with van der Waals surface area (Å²) < 4.78 is 15.3. The molecule has 1 N–H and O–H groups in total. The molecule has 0 saturated heterocycles. The number of hydrogen-bond acceptors (Lipinski definition) is 3. The Morgan fingerprint density at radius 3 is 2.89 bits per heavy atom. The first-order chi connectivity index (χ1) is 8.74. The predicted octanol–water partition coefficient (Wildman–Crippen LogP) is 3.37. The van der Waals surface area contributed by atoms with Crippen molar-refractivity contribution in [2.24, 2.45) is 10.3 Å². The van der Waals surface area contributed by atoms with E-state index in [-0.39, 0.29) is 5.69 Å². The maximum atomic E-state index is 13.8. The van der Waals surface area contributed by atoms with Gasteiger partial charge in [0.05, 0.1) is 11.9 Å². The van der Waals surface area contributed by atoms with Crippen molar-refractivity contribution >= 4 is 11.9 Å². The zero-order valence-corrected chi connectivity index (χ0v) is 9.10. The lowest BCUT2D eigenvalue weighted by Crippen LogP contribution is -1.93. The average Bonchev–Trinajstić information content (AvgIpc) is 2.78. The number of nitrogens with zero attached hydrogens (tertiary/aromatic N) is 5. The zero-order chi connectivity index (χ0) is 13.0. The van der Waals surface area contributed by atoms with E-state index in [2.05, 4.69) is 15.2 Å². The summed E-state index contributed by atoms with van der Waals surface area (Å²) in [5.74, 6) is -0.511. The zero-order valence-electron chi connectivity index (χ0n) is 9.10. The van der Waals surface area contributed by atoms with E-state index < -0.39 is 5.82 Å². The van der Waals surface area contributed by atoms with Gasteiger partial charge in [0.25, 0.3) is 0 Å². The molecule has 1 aromatic carbocycles. The van der Waals surface area contributed by atoms with Gasteiger partial charge in [-0.05, 0) is 23.7 Å². The summed E-state index contributed by atoms with van der Waals surface area (Å²) in [4.78, 5) is 2.58. The molecule has 1 heterocycles. The van der Waals surface area contributed by atoms with Gasteiger partial charge < -0.3 is 9.77 Å². The number of hydrogen-bond donors (Lipinski definition) is 1. The molecule has 0 aliphatic rings. The number of benzene rings is 1. The van der Waals surface area contributed by atoms with Crippen LogP contribution in [0.2, 0.25) is 0 Å². The third kappa shape index (κ3) is 2.31. The normalized spacial score (nSPS) is 10.5. The first kappa shape index (κ1) is 11.7. The molecule has 0 saturated carbocycles. The summed E-state index contributed by atoms with van der Waals surface area (Å²) in [5.41, 5.74) is 9.41. The van der Waals surface area contributed by atoms with Crippen LogP contribution in [0.5, 0.6) is 0 Å². The lowest BCUT2D eigenvalue weighted by molar-refractivity contribution is 0.322. The van der Waals surface area contributed by atoms with Gasteiger partial charge >= 0.3 is 0 Å². The topological polar surface area (TPSA) is 86.3 Å². The van der Waals surface area contributed by atoms with Crippen LogP contribution in [-0.2, 0) is 0 Å². The van der Waals surface area contributed by atoms with Crippen LogP contribution in [0.25, 0.3) is 16.1 Å². The van der Waals surface area contributed by atoms with E-state index in [1.54, 1.807) is 18.5 Å². The summed E-state index contributed by atoms with van der Waals surface area (Å²) in [6, 6.07) is 5.83. The molecule has 2 aromatic rings. The molecule has 0 unspecified atom stereocenters. The molecule has 6 nitrogen and oxygen atoms in total. The summed E-state index contributed by atoms with van der Waals surface area (Å²) in [6.07, 6.45) is 4.47. The molecule has 7 heteroatoms. The van der Waals surface area contributed by atoms with Gasteiger partial charge in [-0.3, -0.25) is 0 Å². The van der Waals surface area contributed by atoms with Crippen LogP contribution in [-0.4, -0.2) is 16.0 Å². The van der Waals surface area contributed by atoms with Crippen molar-refractivity contribution in [3.63, 3.8) is 0 Å². The standard InChI is InChI=1S/C11H8FN5O/c12-10-5-9(15-16-13)1-2-11(10)17-4-3-8(7-17)6-14-18/h1-7,18H. The van der Waals surface area contributed by atoms with E-state index in [4.69, 9.17) is 10.7 Å². The number of rotatable bonds is 3. The molecular formula is C11H8FN5O. The molecule has 0 aliphatic carbocycles. The molecule has 0 radical (unpaired) electrons. The van der Waals surface area contributed by atoms with Gasteiger partial charge in [-0.1, -0.05) is 16.3 Å². The second-order valence-corrected chi connectivity index (χ2v) is 3.42. The molecule has 18 heavy (non-hydrogen) atoms. The number of aromatic nitrogens is 1. The van der Waals surface area contributed by atoms with Crippen LogP contribution in [0.3, 0.4) is 0 Å². The van der Waals surface area contributed by atoms with Crippen molar-refractivity contribution in [1.82, 2.24) is 4.57 Å². The average molecular weight is 245 g/mol. The van der Waals surface area contributed by atoms with E-state index >= 15 is 0 Å². The Balaban J connectivity index is 2.40. The quantitative estimate of drug-likeness (QED) is 0.220. The molecule has 1 aromatic heterocycles. The van der Waals surface area contributed by atoms with Gasteiger partial charge in [0.15, 0.2) is 0 Å². The molecule has 2 rings (SSSR count). The van der Waals surface area contributed by atoms with Crippen molar-refractivity contribution in [2.75, 3.05) is 0 Å². The third-order valence-electron chi connectivity index (χ3n) is 2.29. The number of oxime groups is 1. The SMILES string of the molecule is [N-]=[N+]=Nc1ccc(-n2ccc(C=NO)c2)c(F)c1. The Labute approximate surface area is 101 Å². The Kier molecular flexibility index (Phi) is 3.26. The highest BCUT2D eigenvalue weighted by atomic mass is 19.1. The van der Waals surface area contributed by atoms with Crippen LogP contribution in [0.15, 0.2) is 46.9 Å². The second kappa shape index (κ2) is 5.03. The van der Waals surface area contributed by atoms with Crippen LogP contribution < -0.4 is 0 Å². The monoisotopic (exact) mass is 245 g/mol. The Bertz CT molecular complexity index is 643. The fourth-order valence-electron chi connectivity index (χ4n) is 1.52. The van der Waals surface area contributed by atoms with Gasteiger partial charge in [-0.25, -0.2) is 4.39 Å². The van der Waals surface area contributed by atoms with Crippen molar-refractivity contribution in [3.8, 4) is 5.69 Å². The smallest absolute Gasteiger partial charge is 0.147 e. The summed E-state index contributed by atoms with van der Waals surface area (Å²) in [7, 11) is 0. The molecule has 0 aliphatic heterocycles. The van der Waals surface area contributed by atoms with E-state index in [9.17, 15) is 4.39 Å². The molecule has 0 fully saturated rings. The minimum Gasteiger partial charge on any atom is -0.411 e. The van der Waals surface area contributed by atoms with Crippen molar-refractivity contribution in [3.05, 3.63) is 58.5 Å². The summed E-state index contributed by atoms with van der Waals surface area (Å²) in [6.45, 7) is 0. The number of halogens is 1. The molecular weight excluding hydrogens is 237 g/mol. The first-order valence-electron chi connectivity index (χ1n) is 4.95. The Morgan fingerprint density at radius 2 is 2.22 bits per heavy atom. The van der Waals surface area contributed by atoms with Crippen LogP contribution >= 0.6 is 0 Å². The highest BCUT2D eigenvalue weighted by Gasteiger charge is 2.05. The van der Waals surface area contributed by atoms with E-state index in [0.717, 1.165) is 6.07 Å². The fourth-order valence-corrected chi connectivity index (χ4v) is 1.52. The lowest BCUT2D eigenvalue weighted by atomic mass is 10.2. The molecule has 0 bridgehead atoms. The largest absolute Gasteiger partial charge is 0.411 e. The second-order valence-electron chi connectivity index (χ2n) is 3.42. The lowest BCUT2D eigenvalue weighted by Gasteiger charge is -2.04. The van der Waals surface area contributed by atoms with E-state index in [0.29, 0.717) is 11.3 Å². The molecule has 0 amide bonds.